The Labute approximate surface area is 116 Å². The van der Waals surface area contributed by atoms with Gasteiger partial charge in [0.05, 0.1) is 5.69 Å². The van der Waals surface area contributed by atoms with E-state index in [2.05, 4.69) is 32.6 Å². The Morgan fingerprint density at radius 3 is 2.56 bits per heavy atom. The van der Waals surface area contributed by atoms with Gasteiger partial charge in [-0.2, -0.15) is 0 Å². The first-order valence-electron chi connectivity index (χ1n) is 6.40. The molecule has 2 amide bonds. The van der Waals surface area contributed by atoms with E-state index in [1.54, 1.807) is 0 Å². The summed E-state index contributed by atoms with van der Waals surface area (Å²) in [6, 6.07) is 4.32. The minimum atomic E-state index is -0.102. The van der Waals surface area contributed by atoms with E-state index in [0.717, 1.165) is 28.6 Å². The second-order valence-corrected chi connectivity index (χ2v) is 5.87. The average Bonchev–Trinajstić information content (AvgIpc) is 2.76. The third kappa shape index (κ3) is 3.25. The molecule has 0 aliphatic heterocycles. The zero-order chi connectivity index (χ0) is 13.1. The second kappa shape index (κ2) is 5.74. The molecule has 0 unspecified atom stereocenters. The normalized spacial score (nSPS) is 15.7. The second-order valence-electron chi connectivity index (χ2n) is 5.02. The topological polar surface area (TPSA) is 41.1 Å². The van der Waals surface area contributed by atoms with Crippen molar-refractivity contribution in [2.45, 2.75) is 45.6 Å². The maximum absolute atomic E-state index is 11.9. The summed E-state index contributed by atoms with van der Waals surface area (Å²) in [5, 5.41) is 5.96. The molecule has 0 atom stereocenters. The lowest BCUT2D eigenvalue weighted by molar-refractivity contribution is 0.248. The third-order valence-corrected chi connectivity index (χ3v) is 3.99. The molecule has 1 saturated carbocycles. The van der Waals surface area contributed by atoms with E-state index in [1.807, 2.05) is 19.9 Å². The van der Waals surface area contributed by atoms with Gasteiger partial charge in [-0.1, -0.05) is 18.9 Å². The van der Waals surface area contributed by atoms with Crippen LogP contribution in [-0.2, 0) is 0 Å². The van der Waals surface area contributed by atoms with Crippen LogP contribution in [0.4, 0.5) is 10.5 Å². The molecular formula is C14H19BrN2O. The van der Waals surface area contributed by atoms with Gasteiger partial charge in [-0.05, 0) is 59.8 Å². The summed E-state index contributed by atoms with van der Waals surface area (Å²) in [7, 11) is 0. The molecule has 3 nitrogen and oxygen atoms in total. The van der Waals surface area contributed by atoms with Gasteiger partial charge in [0.15, 0.2) is 0 Å². The monoisotopic (exact) mass is 310 g/mol. The molecule has 4 heteroatoms. The number of aryl methyl sites for hydroxylation is 2. The van der Waals surface area contributed by atoms with Gasteiger partial charge in [-0.3, -0.25) is 0 Å². The van der Waals surface area contributed by atoms with Gasteiger partial charge in [0.25, 0.3) is 0 Å². The van der Waals surface area contributed by atoms with Crippen molar-refractivity contribution in [2.24, 2.45) is 0 Å². The first-order chi connectivity index (χ1) is 8.56. The van der Waals surface area contributed by atoms with Crippen molar-refractivity contribution in [2.75, 3.05) is 5.32 Å². The van der Waals surface area contributed by atoms with Gasteiger partial charge >= 0.3 is 6.03 Å². The molecule has 1 aromatic rings. The summed E-state index contributed by atoms with van der Waals surface area (Å²) in [4.78, 5) is 11.9. The number of urea groups is 1. The average molecular weight is 311 g/mol. The van der Waals surface area contributed by atoms with Gasteiger partial charge in [0, 0.05) is 10.5 Å². The maximum Gasteiger partial charge on any atom is 0.319 e. The van der Waals surface area contributed by atoms with Crippen molar-refractivity contribution in [3.63, 3.8) is 0 Å². The molecule has 2 rings (SSSR count). The van der Waals surface area contributed by atoms with Gasteiger partial charge in [-0.25, -0.2) is 4.79 Å². The van der Waals surface area contributed by atoms with Crippen LogP contribution in [-0.4, -0.2) is 12.1 Å². The molecular weight excluding hydrogens is 292 g/mol. The predicted octanol–water partition coefficient (Wildman–Crippen LogP) is 4.13. The van der Waals surface area contributed by atoms with E-state index in [0.29, 0.717) is 6.04 Å². The molecule has 0 radical (unpaired) electrons. The number of carbonyl (C=O) groups excluding carboxylic acids is 1. The highest BCUT2D eigenvalue weighted by Crippen LogP contribution is 2.27. The van der Waals surface area contributed by atoms with E-state index in [1.165, 1.54) is 18.4 Å². The Hall–Kier alpha value is -1.03. The number of hydrogen-bond acceptors (Lipinski definition) is 1. The van der Waals surface area contributed by atoms with Crippen LogP contribution in [0, 0.1) is 13.8 Å². The van der Waals surface area contributed by atoms with E-state index in [4.69, 9.17) is 0 Å². The van der Waals surface area contributed by atoms with Crippen LogP contribution in [0.2, 0.25) is 0 Å². The SMILES string of the molecule is Cc1cc(C)c(NC(=O)NC2CCCC2)c(Br)c1. The molecule has 0 bridgehead atoms. The van der Waals surface area contributed by atoms with Crippen LogP contribution in [0.25, 0.3) is 0 Å². The van der Waals surface area contributed by atoms with Crippen molar-refractivity contribution >= 4 is 27.6 Å². The highest BCUT2D eigenvalue weighted by molar-refractivity contribution is 9.10. The van der Waals surface area contributed by atoms with Crippen LogP contribution >= 0.6 is 15.9 Å². The van der Waals surface area contributed by atoms with Crippen LogP contribution < -0.4 is 10.6 Å². The number of nitrogens with one attached hydrogen (secondary N) is 2. The number of hydrogen-bond donors (Lipinski definition) is 2. The summed E-state index contributed by atoms with van der Waals surface area (Å²) < 4.78 is 0.932. The molecule has 1 aliphatic rings. The third-order valence-electron chi connectivity index (χ3n) is 3.36. The van der Waals surface area contributed by atoms with E-state index in [9.17, 15) is 4.79 Å². The van der Waals surface area contributed by atoms with E-state index >= 15 is 0 Å². The minimum Gasteiger partial charge on any atom is -0.335 e. The zero-order valence-electron chi connectivity index (χ0n) is 10.8. The summed E-state index contributed by atoms with van der Waals surface area (Å²) in [6.45, 7) is 4.04. The fourth-order valence-electron chi connectivity index (χ4n) is 2.48. The fraction of sp³-hybridized carbons (Fsp3) is 0.500. The molecule has 1 fully saturated rings. The van der Waals surface area contributed by atoms with Crippen molar-refractivity contribution in [1.82, 2.24) is 5.32 Å². The summed E-state index contributed by atoms with van der Waals surface area (Å²) >= 11 is 3.50. The largest absolute Gasteiger partial charge is 0.335 e. The van der Waals surface area contributed by atoms with Crippen LogP contribution in [0.5, 0.6) is 0 Å². The maximum atomic E-state index is 11.9. The Kier molecular flexibility index (Phi) is 4.27. The summed E-state index contributed by atoms with van der Waals surface area (Å²) in [5.74, 6) is 0. The molecule has 0 spiro atoms. The van der Waals surface area contributed by atoms with E-state index < -0.39 is 0 Å². The fourth-order valence-corrected chi connectivity index (χ4v) is 3.25. The standard InChI is InChI=1S/C14H19BrN2O/c1-9-7-10(2)13(12(15)8-9)17-14(18)16-11-5-3-4-6-11/h7-8,11H,3-6H2,1-2H3,(H2,16,17,18). The summed E-state index contributed by atoms with van der Waals surface area (Å²) in [6.07, 6.45) is 4.64. The number of carbonyl (C=O) groups is 1. The van der Waals surface area contributed by atoms with E-state index in [-0.39, 0.29) is 6.03 Å². The number of rotatable bonds is 2. The van der Waals surface area contributed by atoms with Gasteiger partial charge in [0.2, 0.25) is 0 Å². The number of anilines is 1. The molecule has 18 heavy (non-hydrogen) atoms. The highest BCUT2D eigenvalue weighted by Gasteiger charge is 2.17. The van der Waals surface area contributed by atoms with Crippen molar-refractivity contribution in [1.29, 1.82) is 0 Å². The van der Waals surface area contributed by atoms with Crippen LogP contribution in [0.15, 0.2) is 16.6 Å². The molecule has 98 valence electrons. The Bertz CT molecular complexity index is 430. The molecule has 2 N–H and O–H groups in total. The lowest BCUT2D eigenvalue weighted by Crippen LogP contribution is -2.36. The van der Waals surface area contributed by atoms with Crippen molar-refractivity contribution in [3.05, 3.63) is 27.7 Å². The van der Waals surface area contributed by atoms with Gasteiger partial charge in [-0.15, -0.1) is 0 Å². The lowest BCUT2D eigenvalue weighted by atomic mass is 10.1. The highest BCUT2D eigenvalue weighted by atomic mass is 79.9. The quantitative estimate of drug-likeness (QED) is 0.847. The van der Waals surface area contributed by atoms with Crippen molar-refractivity contribution < 1.29 is 4.79 Å². The van der Waals surface area contributed by atoms with Crippen molar-refractivity contribution in [3.8, 4) is 0 Å². The molecule has 1 aromatic carbocycles. The Balaban J connectivity index is 2.02. The molecule has 0 heterocycles. The van der Waals surface area contributed by atoms with Gasteiger partial charge < -0.3 is 10.6 Å². The number of benzene rings is 1. The van der Waals surface area contributed by atoms with Gasteiger partial charge in [0.1, 0.15) is 0 Å². The first-order valence-corrected chi connectivity index (χ1v) is 7.20. The predicted molar refractivity (Wildman–Crippen MR) is 78.0 cm³/mol. The number of halogens is 1. The van der Waals surface area contributed by atoms with Crippen LogP contribution in [0.3, 0.4) is 0 Å². The van der Waals surface area contributed by atoms with Crippen LogP contribution in [0.1, 0.15) is 36.8 Å². The molecule has 1 aliphatic carbocycles. The smallest absolute Gasteiger partial charge is 0.319 e. The summed E-state index contributed by atoms with van der Waals surface area (Å²) in [5.41, 5.74) is 3.11. The minimum absolute atomic E-state index is 0.102. The Morgan fingerprint density at radius 2 is 1.94 bits per heavy atom. The molecule has 0 aromatic heterocycles. The molecule has 0 saturated heterocycles. The number of amides is 2. The Morgan fingerprint density at radius 1 is 1.28 bits per heavy atom. The zero-order valence-corrected chi connectivity index (χ0v) is 12.4. The lowest BCUT2D eigenvalue weighted by Gasteiger charge is -2.15. The first kappa shape index (κ1) is 13.4.